The Hall–Kier alpha value is -2.67. The molecule has 0 bridgehead atoms. The number of rotatable bonds is 2. The van der Waals surface area contributed by atoms with Gasteiger partial charge in [0.05, 0.1) is 16.7 Å². The number of benzene rings is 1. The van der Waals surface area contributed by atoms with Crippen molar-refractivity contribution in [1.82, 2.24) is 9.88 Å². The summed E-state index contributed by atoms with van der Waals surface area (Å²) in [5.74, 6) is 0.335. The molecule has 26 heavy (non-hydrogen) atoms. The van der Waals surface area contributed by atoms with E-state index in [4.69, 9.17) is 15.5 Å². The molecule has 0 aliphatic carbocycles. The number of fused-ring (bicyclic) bond motifs is 1. The minimum Gasteiger partial charge on any atom is -0.366 e. The smallest absolute Gasteiger partial charge is 0.249 e. The standard InChI is InChI=1S/C19H22N4O3/c1-22-12-19(26-11-17(22)24)6-8-23(9-7-19)16-10-14(18(20)25)13-4-2-3-5-15(13)21-16/h2-5,10H,6-9,11-12H2,1H3,(H2,20,25). The summed E-state index contributed by atoms with van der Waals surface area (Å²) in [7, 11) is 1.82. The monoisotopic (exact) mass is 354 g/mol. The van der Waals surface area contributed by atoms with Gasteiger partial charge in [0.25, 0.3) is 0 Å². The summed E-state index contributed by atoms with van der Waals surface area (Å²) in [5.41, 5.74) is 6.55. The second-order valence-corrected chi connectivity index (χ2v) is 7.12. The van der Waals surface area contributed by atoms with E-state index in [0.717, 1.165) is 42.7 Å². The summed E-state index contributed by atoms with van der Waals surface area (Å²) in [6.45, 7) is 2.28. The van der Waals surface area contributed by atoms with E-state index < -0.39 is 5.91 Å². The number of nitrogens with zero attached hydrogens (tertiary/aromatic N) is 3. The second-order valence-electron chi connectivity index (χ2n) is 7.12. The number of aromatic nitrogens is 1. The van der Waals surface area contributed by atoms with Gasteiger partial charge in [0, 0.05) is 32.1 Å². The normalized spacial score (nSPS) is 20.0. The van der Waals surface area contributed by atoms with E-state index in [-0.39, 0.29) is 18.1 Å². The molecule has 2 amide bonds. The zero-order valence-electron chi connectivity index (χ0n) is 14.8. The number of hydrogen-bond acceptors (Lipinski definition) is 5. The van der Waals surface area contributed by atoms with Crippen molar-refractivity contribution >= 4 is 28.5 Å². The SMILES string of the molecule is CN1CC2(CCN(c3cc(C(N)=O)c4ccccc4n3)CC2)OCC1=O. The third-order valence-electron chi connectivity index (χ3n) is 5.42. The highest BCUT2D eigenvalue weighted by Crippen LogP contribution is 2.32. The van der Waals surface area contributed by atoms with Crippen LogP contribution in [0, 0.1) is 0 Å². The third-order valence-corrected chi connectivity index (χ3v) is 5.42. The number of nitrogens with two attached hydrogens (primary N) is 1. The number of anilines is 1. The molecule has 1 aromatic carbocycles. The largest absolute Gasteiger partial charge is 0.366 e. The molecule has 7 heteroatoms. The van der Waals surface area contributed by atoms with Crippen molar-refractivity contribution < 1.29 is 14.3 Å². The fourth-order valence-corrected chi connectivity index (χ4v) is 3.86. The van der Waals surface area contributed by atoms with Crippen LogP contribution in [0.1, 0.15) is 23.2 Å². The van der Waals surface area contributed by atoms with Crippen molar-refractivity contribution in [3.05, 3.63) is 35.9 Å². The van der Waals surface area contributed by atoms with Crippen LogP contribution in [0.3, 0.4) is 0 Å². The van der Waals surface area contributed by atoms with Gasteiger partial charge in [-0.05, 0) is 25.0 Å². The van der Waals surface area contributed by atoms with E-state index in [2.05, 4.69) is 4.90 Å². The number of ether oxygens (including phenoxy) is 1. The van der Waals surface area contributed by atoms with E-state index in [1.165, 1.54) is 0 Å². The molecule has 2 aromatic rings. The number of carbonyl (C=O) groups is 2. The minimum absolute atomic E-state index is 0.0281. The lowest BCUT2D eigenvalue weighted by Crippen LogP contribution is -2.57. The molecular formula is C19H22N4O3. The number of piperidine rings is 1. The summed E-state index contributed by atoms with van der Waals surface area (Å²) in [6, 6.07) is 9.30. The molecule has 2 aliphatic heterocycles. The number of amides is 2. The van der Waals surface area contributed by atoms with Gasteiger partial charge in [-0.1, -0.05) is 18.2 Å². The number of para-hydroxylation sites is 1. The number of hydrogen-bond donors (Lipinski definition) is 1. The molecule has 1 aromatic heterocycles. The van der Waals surface area contributed by atoms with Crippen LogP contribution in [0.5, 0.6) is 0 Å². The lowest BCUT2D eigenvalue weighted by Gasteiger charge is -2.46. The molecule has 0 atom stereocenters. The number of morpholine rings is 1. The van der Waals surface area contributed by atoms with Crippen LogP contribution < -0.4 is 10.6 Å². The van der Waals surface area contributed by atoms with E-state index in [1.807, 2.05) is 31.3 Å². The van der Waals surface area contributed by atoms with Crippen molar-refractivity contribution in [2.75, 3.05) is 38.2 Å². The molecule has 3 heterocycles. The molecule has 2 N–H and O–H groups in total. The molecule has 0 saturated carbocycles. The van der Waals surface area contributed by atoms with E-state index in [0.29, 0.717) is 12.1 Å². The van der Waals surface area contributed by atoms with Crippen molar-refractivity contribution in [3.63, 3.8) is 0 Å². The zero-order valence-corrected chi connectivity index (χ0v) is 14.8. The van der Waals surface area contributed by atoms with Crippen LogP contribution in [0.15, 0.2) is 30.3 Å². The van der Waals surface area contributed by atoms with E-state index in [1.54, 1.807) is 11.0 Å². The van der Waals surface area contributed by atoms with Gasteiger partial charge >= 0.3 is 0 Å². The summed E-state index contributed by atoms with van der Waals surface area (Å²) < 4.78 is 5.89. The fourth-order valence-electron chi connectivity index (χ4n) is 3.86. The summed E-state index contributed by atoms with van der Waals surface area (Å²) in [6.07, 6.45) is 1.62. The van der Waals surface area contributed by atoms with Crippen LogP contribution in [-0.4, -0.2) is 60.6 Å². The maximum absolute atomic E-state index is 11.9. The topological polar surface area (TPSA) is 88.8 Å². The van der Waals surface area contributed by atoms with Gasteiger partial charge in [0.2, 0.25) is 11.8 Å². The first-order chi connectivity index (χ1) is 12.5. The van der Waals surface area contributed by atoms with Crippen LogP contribution >= 0.6 is 0 Å². The number of primary amides is 1. The van der Waals surface area contributed by atoms with Gasteiger partial charge in [-0.15, -0.1) is 0 Å². The van der Waals surface area contributed by atoms with Gasteiger partial charge in [-0.3, -0.25) is 9.59 Å². The molecular weight excluding hydrogens is 332 g/mol. The molecule has 4 rings (SSSR count). The molecule has 0 unspecified atom stereocenters. The quantitative estimate of drug-likeness (QED) is 0.874. The van der Waals surface area contributed by atoms with E-state index >= 15 is 0 Å². The average molecular weight is 354 g/mol. The Kier molecular flexibility index (Phi) is 4.03. The van der Waals surface area contributed by atoms with Gasteiger partial charge < -0.3 is 20.3 Å². The molecule has 2 aliphatic rings. The molecule has 136 valence electrons. The number of likely N-dealkylation sites (N-methyl/N-ethyl adjacent to an activating group) is 1. The highest BCUT2D eigenvalue weighted by molar-refractivity contribution is 6.06. The van der Waals surface area contributed by atoms with Crippen molar-refractivity contribution in [2.24, 2.45) is 5.73 Å². The van der Waals surface area contributed by atoms with Crippen LogP contribution in [-0.2, 0) is 9.53 Å². The first-order valence-electron chi connectivity index (χ1n) is 8.80. The van der Waals surface area contributed by atoms with Crippen LogP contribution in [0.2, 0.25) is 0 Å². The highest BCUT2D eigenvalue weighted by Gasteiger charge is 2.41. The maximum Gasteiger partial charge on any atom is 0.249 e. The second kappa shape index (κ2) is 6.25. The van der Waals surface area contributed by atoms with Crippen molar-refractivity contribution in [1.29, 1.82) is 0 Å². The van der Waals surface area contributed by atoms with Crippen molar-refractivity contribution in [3.8, 4) is 0 Å². The predicted molar refractivity (Wildman–Crippen MR) is 98.0 cm³/mol. The van der Waals surface area contributed by atoms with Crippen LogP contribution in [0.25, 0.3) is 10.9 Å². The Morgan fingerprint density at radius 1 is 1.27 bits per heavy atom. The zero-order chi connectivity index (χ0) is 18.3. The fraction of sp³-hybridized carbons (Fsp3) is 0.421. The Bertz CT molecular complexity index is 874. The lowest BCUT2D eigenvalue weighted by atomic mass is 9.89. The predicted octanol–water partition coefficient (Wildman–Crippen LogP) is 1.16. The third kappa shape index (κ3) is 2.88. The van der Waals surface area contributed by atoms with E-state index in [9.17, 15) is 9.59 Å². The maximum atomic E-state index is 11.9. The Labute approximate surface area is 151 Å². The Balaban J connectivity index is 1.58. The molecule has 2 saturated heterocycles. The van der Waals surface area contributed by atoms with Gasteiger partial charge in [-0.25, -0.2) is 4.98 Å². The summed E-state index contributed by atoms with van der Waals surface area (Å²) in [4.78, 5) is 32.2. The minimum atomic E-state index is -0.450. The Morgan fingerprint density at radius 3 is 2.69 bits per heavy atom. The number of pyridine rings is 1. The number of carbonyl (C=O) groups excluding carboxylic acids is 2. The summed E-state index contributed by atoms with van der Waals surface area (Å²) in [5, 5.41) is 0.771. The highest BCUT2D eigenvalue weighted by atomic mass is 16.5. The molecule has 2 fully saturated rings. The summed E-state index contributed by atoms with van der Waals surface area (Å²) >= 11 is 0. The average Bonchev–Trinajstić information content (AvgIpc) is 2.65. The molecule has 0 radical (unpaired) electrons. The van der Waals surface area contributed by atoms with Crippen molar-refractivity contribution in [2.45, 2.75) is 18.4 Å². The molecule has 7 nitrogen and oxygen atoms in total. The lowest BCUT2D eigenvalue weighted by molar-refractivity contribution is -0.164. The van der Waals surface area contributed by atoms with Gasteiger partial charge in [0.15, 0.2) is 0 Å². The van der Waals surface area contributed by atoms with Gasteiger partial charge in [0.1, 0.15) is 12.4 Å². The Morgan fingerprint density at radius 2 is 2.00 bits per heavy atom. The molecule has 1 spiro atoms. The van der Waals surface area contributed by atoms with Gasteiger partial charge in [-0.2, -0.15) is 0 Å². The first-order valence-corrected chi connectivity index (χ1v) is 8.80. The first kappa shape index (κ1) is 16.8. The van der Waals surface area contributed by atoms with Crippen LogP contribution in [0.4, 0.5) is 5.82 Å².